The lowest BCUT2D eigenvalue weighted by atomic mass is 10.1. The van der Waals surface area contributed by atoms with Crippen LogP contribution >= 0.6 is 11.6 Å². The van der Waals surface area contributed by atoms with Crippen LogP contribution in [0.1, 0.15) is 30.6 Å². The van der Waals surface area contributed by atoms with Crippen LogP contribution in [0.2, 0.25) is 5.02 Å². The molecule has 0 aliphatic carbocycles. The van der Waals surface area contributed by atoms with Crippen molar-refractivity contribution in [1.29, 1.82) is 0 Å². The van der Waals surface area contributed by atoms with Gasteiger partial charge in [-0.05, 0) is 36.2 Å². The Hall–Kier alpha value is -1.58. The number of aromatic nitrogens is 1. The van der Waals surface area contributed by atoms with Gasteiger partial charge in [-0.2, -0.15) is 0 Å². The second kappa shape index (κ2) is 6.55. The standard InChI is InChI=1S/C15H17ClN2O/c1-2-14(17)15-7-6-13(9-18-15)19-10-11-4-3-5-12(16)8-11/h3-9,14H,2,10,17H2,1H3/t14-/m1/s1. The number of hydrogen-bond donors (Lipinski definition) is 1. The predicted molar refractivity (Wildman–Crippen MR) is 77.2 cm³/mol. The Morgan fingerprint density at radius 2 is 2.16 bits per heavy atom. The number of nitrogens with zero attached hydrogens (tertiary/aromatic N) is 1. The van der Waals surface area contributed by atoms with Crippen LogP contribution in [0.3, 0.4) is 0 Å². The highest BCUT2D eigenvalue weighted by molar-refractivity contribution is 6.30. The number of benzene rings is 1. The molecule has 2 rings (SSSR count). The second-order valence-corrected chi connectivity index (χ2v) is 4.79. The Morgan fingerprint density at radius 1 is 1.32 bits per heavy atom. The summed E-state index contributed by atoms with van der Waals surface area (Å²) >= 11 is 5.92. The molecule has 0 unspecified atom stereocenters. The SMILES string of the molecule is CC[C@@H](N)c1ccc(OCc2cccc(Cl)c2)cn1. The Bertz CT molecular complexity index is 528. The zero-order chi connectivity index (χ0) is 13.7. The second-order valence-electron chi connectivity index (χ2n) is 4.35. The van der Waals surface area contributed by atoms with E-state index in [1.54, 1.807) is 6.20 Å². The normalized spacial score (nSPS) is 12.2. The molecule has 1 aromatic carbocycles. The van der Waals surface area contributed by atoms with Crippen LogP contribution < -0.4 is 10.5 Å². The summed E-state index contributed by atoms with van der Waals surface area (Å²) in [6, 6.07) is 11.4. The molecule has 100 valence electrons. The monoisotopic (exact) mass is 276 g/mol. The summed E-state index contributed by atoms with van der Waals surface area (Å²) in [5, 5.41) is 0.712. The molecule has 1 aromatic heterocycles. The van der Waals surface area contributed by atoms with Gasteiger partial charge in [0, 0.05) is 11.1 Å². The maximum atomic E-state index is 5.92. The van der Waals surface area contributed by atoms with Gasteiger partial charge in [0.1, 0.15) is 12.4 Å². The molecule has 0 fully saturated rings. The van der Waals surface area contributed by atoms with E-state index in [0.29, 0.717) is 11.6 Å². The van der Waals surface area contributed by atoms with E-state index >= 15 is 0 Å². The highest BCUT2D eigenvalue weighted by Gasteiger charge is 2.04. The van der Waals surface area contributed by atoms with Gasteiger partial charge in [-0.15, -0.1) is 0 Å². The van der Waals surface area contributed by atoms with Gasteiger partial charge in [0.05, 0.1) is 11.9 Å². The number of ether oxygens (including phenoxy) is 1. The highest BCUT2D eigenvalue weighted by Crippen LogP contribution is 2.17. The number of halogens is 1. The van der Waals surface area contributed by atoms with Gasteiger partial charge < -0.3 is 10.5 Å². The molecule has 0 aliphatic rings. The van der Waals surface area contributed by atoms with E-state index in [1.807, 2.05) is 43.3 Å². The molecule has 0 bridgehead atoms. The Labute approximate surface area is 118 Å². The molecule has 0 radical (unpaired) electrons. The molecule has 3 nitrogen and oxygen atoms in total. The number of pyridine rings is 1. The molecule has 0 spiro atoms. The van der Waals surface area contributed by atoms with Crippen molar-refractivity contribution in [2.75, 3.05) is 0 Å². The number of hydrogen-bond acceptors (Lipinski definition) is 3. The zero-order valence-electron chi connectivity index (χ0n) is 10.8. The third kappa shape index (κ3) is 3.94. The maximum Gasteiger partial charge on any atom is 0.138 e. The lowest BCUT2D eigenvalue weighted by Crippen LogP contribution is -2.10. The van der Waals surface area contributed by atoms with Gasteiger partial charge >= 0.3 is 0 Å². The number of rotatable bonds is 5. The van der Waals surface area contributed by atoms with Crippen molar-refractivity contribution in [3.63, 3.8) is 0 Å². The Balaban J connectivity index is 1.96. The Kier molecular flexibility index (Phi) is 4.77. The van der Waals surface area contributed by atoms with Crippen molar-refractivity contribution in [3.05, 3.63) is 58.9 Å². The van der Waals surface area contributed by atoms with Crippen molar-refractivity contribution in [1.82, 2.24) is 4.98 Å². The topological polar surface area (TPSA) is 48.1 Å². The van der Waals surface area contributed by atoms with Gasteiger partial charge in [-0.1, -0.05) is 30.7 Å². The summed E-state index contributed by atoms with van der Waals surface area (Å²) in [7, 11) is 0. The van der Waals surface area contributed by atoms with Crippen molar-refractivity contribution in [2.45, 2.75) is 26.0 Å². The largest absolute Gasteiger partial charge is 0.487 e. The summed E-state index contributed by atoms with van der Waals surface area (Å²) in [5.74, 6) is 0.729. The van der Waals surface area contributed by atoms with E-state index in [2.05, 4.69) is 4.98 Å². The van der Waals surface area contributed by atoms with Crippen LogP contribution in [0.5, 0.6) is 5.75 Å². The molecule has 1 atom stereocenters. The molecule has 0 saturated carbocycles. The maximum absolute atomic E-state index is 5.92. The first-order valence-electron chi connectivity index (χ1n) is 6.28. The van der Waals surface area contributed by atoms with Crippen LogP contribution in [-0.4, -0.2) is 4.98 Å². The van der Waals surface area contributed by atoms with E-state index in [-0.39, 0.29) is 6.04 Å². The fourth-order valence-electron chi connectivity index (χ4n) is 1.70. The van der Waals surface area contributed by atoms with Crippen LogP contribution in [0, 0.1) is 0 Å². The van der Waals surface area contributed by atoms with Gasteiger partial charge in [-0.3, -0.25) is 4.98 Å². The lowest BCUT2D eigenvalue weighted by Gasteiger charge is -2.10. The van der Waals surface area contributed by atoms with Gasteiger partial charge in [0.15, 0.2) is 0 Å². The Morgan fingerprint density at radius 3 is 2.79 bits per heavy atom. The smallest absolute Gasteiger partial charge is 0.138 e. The van der Waals surface area contributed by atoms with Crippen LogP contribution in [-0.2, 0) is 6.61 Å². The minimum absolute atomic E-state index is 0.0121. The first-order chi connectivity index (χ1) is 9.19. The number of nitrogens with two attached hydrogens (primary N) is 1. The summed E-state index contributed by atoms with van der Waals surface area (Å²) < 4.78 is 5.65. The summed E-state index contributed by atoms with van der Waals surface area (Å²) in [5.41, 5.74) is 7.82. The third-order valence-electron chi connectivity index (χ3n) is 2.87. The minimum atomic E-state index is -0.0121. The van der Waals surface area contributed by atoms with E-state index < -0.39 is 0 Å². The zero-order valence-corrected chi connectivity index (χ0v) is 11.6. The molecule has 19 heavy (non-hydrogen) atoms. The van der Waals surface area contributed by atoms with Crippen molar-refractivity contribution in [3.8, 4) is 5.75 Å². The van der Waals surface area contributed by atoms with Crippen molar-refractivity contribution in [2.24, 2.45) is 5.73 Å². The molecular weight excluding hydrogens is 260 g/mol. The minimum Gasteiger partial charge on any atom is -0.487 e. The van der Waals surface area contributed by atoms with Crippen LogP contribution in [0.25, 0.3) is 0 Å². The molecule has 0 aliphatic heterocycles. The van der Waals surface area contributed by atoms with Crippen LogP contribution in [0.4, 0.5) is 0 Å². The van der Waals surface area contributed by atoms with E-state index in [1.165, 1.54) is 0 Å². The third-order valence-corrected chi connectivity index (χ3v) is 3.11. The molecular formula is C15H17ClN2O. The molecule has 2 N–H and O–H groups in total. The average Bonchev–Trinajstić information content (AvgIpc) is 2.45. The van der Waals surface area contributed by atoms with Crippen LogP contribution in [0.15, 0.2) is 42.6 Å². The average molecular weight is 277 g/mol. The van der Waals surface area contributed by atoms with Crippen molar-refractivity contribution < 1.29 is 4.74 Å². The highest BCUT2D eigenvalue weighted by atomic mass is 35.5. The molecule has 0 saturated heterocycles. The first-order valence-corrected chi connectivity index (χ1v) is 6.65. The lowest BCUT2D eigenvalue weighted by molar-refractivity contribution is 0.304. The van der Waals surface area contributed by atoms with E-state index in [9.17, 15) is 0 Å². The van der Waals surface area contributed by atoms with E-state index in [4.69, 9.17) is 22.1 Å². The van der Waals surface area contributed by atoms with Gasteiger partial charge in [0.25, 0.3) is 0 Å². The summed E-state index contributed by atoms with van der Waals surface area (Å²) in [4.78, 5) is 4.30. The fraction of sp³-hybridized carbons (Fsp3) is 0.267. The predicted octanol–water partition coefficient (Wildman–Crippen LogP) is 3.72. The van der Waals surface area contributed by atoms with Crippen molar-refractivity contribution >= 4 is 11.6 Å². The van der Waals surface area contributed by atoms with E-state index in [0.717, 1.165) is 23.4 Å². The summed E-state index contributed by atoms with van der Waals surface area (Å²) in [6.07, 6.45) is 2.57. The molecule has 1 heterocycles. The first kappa shape index (κ1) is 13.8. The fourth-order valence-corrected chi connectivity index (χ4v) is 1.91. The molecule has 2 aromatic rings. The van der Waals surface area contributed by atoms with Gasteiger partial charge in [0.2, 0.25) is 0 Å². The quantitative estimate of drug-likeness (QED) is 0.905. The molecule has 0 amide bonds. The van der Waals surface area contributed by atoms with Gasteiger partial charge in [-0.25, -0.2) is 0 Å². The summed E-state index contributed by atoms with van der Waals surface area (Å²) in [6.45, 7) is 2.51. The molecule has 4 heteroatoms.